The van der Waals surface area contributed by atoms with Crippen molar-refractivity contribution in [2.24, 2.45) is 0 Å². The van der Waals surface area contributed by atoms with Crippen LogP contribution < -0.4 is 10.6 Å². The summed E-state index contributed by atoms with van der Waals surface area (Å²) in [6.07, 6.45) is -3.14. The topological polar surface area (TPSA) is 104 Å². The van der Waals surface area contributed by atoms with E-state index >= 15 is 0 Å². The molecule has 0 unspecified atom stereocenters. The molecule has 0 fully saturated rings. The number of nitrogens with zero attached hydrogens (tertiary/aromatic N) is 4. The maximum Gasteiger partial charge on any atom is 0.405 e. The van der Waals surface area contributed by atoms with Crippen LogP contribution in [-0.2, 0) is 0 Å². The standard InChI is InChI=1S/C9H11F3N6O/c10-9(11,12)3-18(1-2-19)7-5-6(15-4-14-5)16-8(13)17-7/h4,19H,1-3H2,(H3,13,14,15,16,17). The molecule has 2 rings (SSSR count). The van der Waals surface area contributed by atoms with E-state index in [1.54, 1.807) is 0 Å². The molecule has 2 aromatic rings. The molecule has 19 heavy (non-hydrogen) atoms. The van der Waals surface area contributed by atoms with Crippen LogP contribution in [-0.4, -0.2) is 50.9 Å². The van der Waals surface area contributed by atoms with Crippen molar-refractivity contribution in [3.8, 4) is 0 Å². The van der Waals surface area contributed by atoms with Crippen LogP contribution in [0.25, 0.3) is 11.2 Å². The fourth-order valence-corrected chi connectivity index (χ4v) is 1.66. The Hall–Kier alpha value is -2.10. The van der Waals surface area contributed by atoms with E-state index in [1.165, 1.54) is 6.33 Å². The van der Waals surface area contributed by atoms with E-state index in [4.69, 9.17) is 10.8 Å². The fraction of sp³-hybridized carbons (Fsp3) is 0.444. The first-order valence-electron chi connectivity index (χ1n) is 5.30. The maximum absolute atomic E-state index is 12.5. The van der Waals surface area contributed by atoms with Gasteiger partial charge in [-0.05, 0) is 0 Å². The first kappa shape index (κ1) is 13.3. The highest BCUT2D eigenvalue weighted by atomic mass is 19.4. The molecule has 0 aromatic carbocycles. The lowest BCUT2D eigenvalue weighted by atomic mass is 10.4. The average molecular weight is 276 g/mol. The number of aromatic nitrogens is 4. The summed E-state index contributed by atoms with van der Waals surface area (Å²) in [5.74, 6) is -0.217. The highest BCUT2D eigenvalue weighted by molar-refractivity contribution is 5.84. The van der Waals surface area contributed by atoms with Gasteiger partial charge >= 0.3 is 6.18 Å². The number of nitrogens with one attached hydrogen (secondary N) is 1. The molecule has 2 aromatic heterocycles. The molecule has 0 atom stereocenters. The van der Waals surface area contributed by atoms with Crippen molar-refractivity contribution >= 4 is 22.9 Å². The van der Waals surface area contributed by atoms with Gasteiger partial charge in [0.2, 0.25) is 5.95 Å². The lowest BCUT2D eigenvalue weighted by Crippen LogP contribution is -2.37. The number of H-pyrrole nitrogens is 1. The number of aliphatic hydroxyl groups is 1. The number of hydrogen-bond acceptors (Lipinski definition) is 6. The number of nitrogen functional groups attached to an aromatic ring is 1. The quantitative estimate of drug-likeness (QED) is 0.741. The van der Waals surface area contributed by atoms with Crippen LogP contribution in [0.2, 0.25) is 0 Å². The minimum Gasteiger partial charge on any atom is -0.395 e. The molecule has 0 aliphatic heterocycles. The van der Waals surface area contributed by atoms with E-state index < -0.39 is 19.3 Å². The summed E-state index contributed by atoms with van der Waals surface area (Å²) in [6.45, 7) is -1.93. The summed E-state index contributed by atoms with van der Waals surface area (Å²) in [6, 6.07) is 0. The Labute approximate surface area is 105 Å². The van der Waals surface area contributed by atoms with Crippen LogP contribution in [0.5, 0.6) is 0 Å². The molecule has 0 saturated heterocycles. The van der Waals surface area contributed by atoms with Gasteiger partial charge < -0.3 is 20.7 Å². The molecule has 0 aliphatic rings. The van der Waals surface area contributed by atoms with E-state index in [2.05, 4.69) is 19.9 Å². The van der Waals surface area contributed by atoms with Gasteiger partial charge in [0, 0.05) is 6.54 Å². The van der Waals surface area contributed by atoms with Crippen LogP contribution in [0.3, 0.4) is 0 Å². The maximum atomic E-state index is 12.5. The second kappa shape index (κ2) is 4.88. The summed E-state index contributed by atoms with van der Waals surface area (Å²) in [4.78, 5) is 14.9. The molecule has 0 saturated carbocycles. The predicted molar refractivity (Wildman–Crippen MR) is 61.4 cm³/mol. The molecule has 7 nitrogen and oxygen atoms in total. The molecule has 0 radical (unpaired) electrons. The van der Waals surface area contributed by atoms with E-state index in [1.807, 2.05) is 0 Å². The number of alkyl halides is 3. The number of hydrogen-bond donors (Lipinski definition) is 3. The van der Waals surface area contributed by atoms with Crippen molar-refractivity contribution in [3.05, 3.63) is 6.33 Å². The number of halogens is 3. The van der Waals surface area contributed by atoms with Crippen molar-refractivity contribution in [1.29, 1.82) is 0 Å². The van der Waals surface area contributed by atoms with E-state index in [9.17, 15) is 13.2 Å². The zero-order chi connectivity index (χ0) is 14.0. The zero-order valence-electron chi connectivity index (χ0n) is 9.65. The molecule has 104 valence electrons. The van der Waals surface area contributed by atoms with Crippen molar-refractivity contribution in [3.63, 3.8) is 0 Å². The molecule has 2 heterocycles. The summed E-state index contributed by atoms with van der Waals surface area (Å²) in [7, 11) is 0. The zero-order valence-corrected chi connectivity index (χ0v) is 9.65. The normalized spacial score (nSPS) is 12.0. The fourth-order valence-electron chi connectivity index (χ4n) is 1.66. The minimum absolute atomic E-state index is 0.0358. The van der Waals surface area contributed by atoms with Crippen LogP contribution in [0.4, 0.5) is 24.9 Å². The summed E-state index contributed by atoms with van der Waals surface area (Å²) >= 11 is 0. The van der Waals surface area contributed by atoms with Gasteiger partial charge in [-0.1, -0.05) is 0 Å². The number of rotatable bonds is 4. The number of aromatic amines is 1. The molecule has 4 N–H and O–H groups in total. The van der Waals surface area contributed by atoms with Gasteiger partial charge in [-0.25, -0.2) is 4.98 Å². The summed E-state index contributed by atoms with van der Waals surface area (Å²) < 4.78 is 37.6. The van der Waals surface area contributed by atoms with Crippen molar-refractivity contribution in [2.45, 2.75) is 6.18 Å². The van der Waals surface area contributed by atoms with E-state index in [0.29, 0.717) is 0 Å². The molecule has 0 amide bonds. The SMILES string of the molecule is Nc1nc(N(CCO)CC(F)(F)F)c2[nH]cnc2n1. The van der Waals surface area contributed by atoms with Crippen molar-refractivity contribution in [2.75, 3.05) is 30.3 Å². The number of anilines is 2. The Morgan fingerprint density at radius 3 is 2.74 bits per heavy atom. The second-order valence-electron chi connectivity index (χ2n) is 3.77. The van der Waals surface area contributed by atoms with Crippen molar-refractivity contribution < 1.29 is 18.3 Å². The number of nitrogens with two attached hydrogens (primary N) is 1. The van der Waals surface area contributed by atoms with Crippen LogP contribution >= 0.6 is 0 Å². The Morgan fingerprint density at radius 1 is 1.37 bits per heavy atom. The third-order valence-electron chi connectivity index (χ3n) is 2.32. The lowest BCUT2D eigenvalue weighted by Gasteiger charge is -2.24. The first-order valence-corrected chi connectivity index (χ1v) is 5.30. The molecule has 0 bridgehead atoms. The second-order valence-corrected chi connectivity index (χ2v) is 3.77. The highest BCUT2D eigenvalue weighted by Gasteiger charge is 2.32. The van der Waals surface area contributed by atoms with Gasteiger partial charge in [-0.15, -0.1) is 0 Å². The molecular formula is C9H11F3N6O. The van der Waals surface area contributed by atoms with Gasteiger partial charge in [0.25, 0.3) is 0 Å². The van der Waals surface area contributed by atoms with Gasteiger partial charge in [-0.2, -0.15) is 23.1 Å². The van der Waals surface area contributed by atoms with Crippen molar-refractivity contribution in [1.82, 2.24) is 19.9 Å². The first-order chi connectivity index (χ1) is 8.90. The van der Waals surface area contributed by atoms with E-state index in [0.717, 1.165) is 4.90 Å². The summed E-state index contributed by atoms with van der Waals surface area (Å²) in [5.41, 5.74) is 5.85. The van der Waals surface area contributed by atoms with E-state index in [-0.39, 0.29) is 29.5 Å². The van der Waals surface area contributed by atoms with Crippen LogP contribution in [0.1, 0.15) is 0 Å². The Balaban J connectivity index is 2.45. The van der Waals surface area contributed by atoms with Gasteiger partial charge in [0.05, 0.1) is 12.9 Å². The molecule has 10 heteroatoms. The number of imidazole rings is 1. The Morgan fingerprint density at radius 2 is 2.11 bits per heavy atom. The minimum atomic E-state index is -4.43. The monoisotopic (exact) mass is 276 g/mol. The molecule has 0 aliphatic carbocycles. The average Bonchev–Trinajstić information content (AvgIpc) is 2.73. The third-order valence-corrected chi connectivity index (χ3v) is 2.32. The Kier molecular flexibility index (Phi) is 3.42. The lowest BCUT2D eigenvalue weighted by molar-refractivity contribution is -0.119. The predicted octanol–water partition coefficient (Wildman–Crippen LogP) is 0.296. The molecular weight excluding hydrogens is 265 g/mol. The third kappa shape index (κ3) is 3.02. The van der Waals surface area contributed by atoms with Crippen LogP contribution in [0.15, 0.2) is 6.33 Å². The largest absolute Gasteiger partial charge is 0.405 e. The summed E-state index contributed by atoms with van der Waals surface area (Å²) in [5, 5.41) is 8.88. The number of fused-ring (bicyclic) bond motifs is 1. The van der Waals surface area contributed by atoms with Crippen LogP contribution in [0, 0.1) is 0 Å². The smallest absolute Gasteiger partial charge is 0.395 e. The number of aliphatic hydroxyl groups excluding tert-OH is 1. The Bertz CT molecular complexity index is 569. The van der Waals surface area contributed by atoms with Gasteiger partial charge in [0.15, 0.2) is 11.5 Å². The van der Waals surface area contributed by atoms with Gasteiger partial charge in [0.1, 0.15) is 12.1 Å². The molecule has 0 spiro atoms. The van der Waals surface area contributed by atoms with Gasteiger partial charge in [-0.3, -0.25) is 0 Å². The highest BCUT2D eigenvalue weighted by Crippen LogP contribution is 2.25.